The summed E-state index contributed by atoms with van der Waals surface area (Å²) >= 11 is 6.51. The molecule has 8 nitrogen and oxygen atoms in total. The fraction of sp³-hybridized carbons (Fsp3) is 0.432. The number of phenolic OH excluding ortho intramolecular Hbond substituents is 1. The van der Waals surface area contributed by atoms with Gasteiger partial charge in [0.05, 0.1) is 10.7 Å². The second kappa shape index (κ2) is 17.0. The van der Waals surface area contributed by atoms with Crippen LogP contribution in [-0.4, -0.2) is 46.1 Å². The maximum atomic E-state index is 14.7. The molecule has 46 heavy (non-hydrogen) atoms. The molecule has 3 N–H and O–H groups in total. The van der Waals surface area contributed by atoms with Gasteiger partial charge in [-0.05, 0) is 75.9 Å². The number of amides is 3. The second-order valence-corrected chi connectivity index (χ2v) is 13.2. The van der Waals surface area contributed by atoms with Gasteiger partial charge in [-0.1, -0.05) is 98.3 Å². The number of aryl methyl sites for hydroxylation is 2. The Kier molecular flexibility index (Phi) is 13.5. The number of aromatic hydroxyl groups is 1. The number of hydrogen-bond acceptors (Lipinski definition) is 5. The highest BCUT2D eigenvalue weighted by atomic mass is 35.5. The average Bonchev–Trinajstić information content (AvgIpc) is 2.98. The van der Waals surface area contributed by atoms with Crippen LogP contribution in [0.4, 0.5) is 10.5 Å². The van der Waals surface area contributed by atoms with Crippen LogP contribution in [0.3, 0.4) is 0 Å². The largest absolute Gasteiger partial charge is 0.508 e. The van der Waals surface area contributed by atoms with Crippen LogP contribution in [0, 0.1) is 13.8 Å². The zero-order valence-corrected chi connectivity index (χ0v) is 28.6. The van der Waals surface area contributed by atoms with Crippen LogP contribution in [0.2, 0.25) is 5.02 Å². The topological polar surface area (TPSA) is 108 Å². The minimum atomic E-state index is -1.06. The Morgan fingerprint density at radius 2 is 1.57 bits per heavy atom. The Balaban J connectivity index is 2.09. The van der Waals surface area contributed by atoms with Gasteiger partial charge >= 0.3 is 6.09 Å². The number of carbonyl (C=O) groups is 3. The summed E-state index contributed by atoms with van der Waals surface area (Å²) in [5.74, 6) is -0.750. The SMILES string of the molecule is CCCCCCCN(C(=O)C(Cc1ccc(O)cc1)NC(=O)OC(C)(C)C)C(C(=O)Nc1c(C)cccc1Cl)c1ccc(C)cc1. The first kappa shape index (κ1) is 36.4. The Morgan fingerprint density at radius 1 is 0.913 bits per heavy atom. The fourth-order valence-electron chi connectivity index (χ4n) is 5.17. The van der Waals surface area contributed by atoms with Gasteiger partial charge in [0, 0.05) is 13.0 Å². The summed E-state index contributed by atoms with van der Waals surface area (Å²) in [6.45, 7) is 11.5. The van der Waals surface area contributed by atoms with E-state index in [1.807, 2.05) is 50.2 Å². The van der Waals surface area contributed by atoms with Crippen LogP contribution in [0.1, 0.15) is 88.1 Å². The van der Waals surface area contributed by atoms with Crippen molar-refractivity contribution in [2.75, 3.05) is 11.9 Å². The van der Waals surface area contributed by atoms with E-state index >= 15 is 0 Å². The highest BCUT2D eigenvalue weighted by Crippen LogP contribution is 2.30. The lowest BCUT2D eigenvalue weighted by Crippen LogP contribution is -2.53. The minimum Gasteiger partial charge on any atom is -0.508 e. The minimum absolute atomic E-state index is 0.0893. The number of rotatable bonds is 14. The number of para-hydroxylation sites is 1. The summed E-state index contributed by atoms with van der Waals surface area (Å²) in [6.07, 6.45) is 4.09. The van der Waals surface area contributed by atoms with Gasteiger partial charge in [0.25, 0.3) is 5.91 Å². The molecule has 3 aromatic rings. The number of unbranched alkanes of at least 4 members (excludes halogenated alkanes) is 4. The number of hydrogen-bond donors (Lipinski definition) is 3. The predicted octanol–water partition coefficient (Wildman–Crippen LogP) is 8.28. The Labute approximate surface area is 278 Å². The van der Waals surface area contributed by atoms with Crippen molar-refractivity contribution in [1.29, 1.82) is 0 Å². The van der Waals surface area contributed by atoms with Crippen molar-refractivity contribution in [2.24, 2.45) is 0 Å². The molecule has 2 unspecified atom stereocenters. The Bertz CT molecular complexity index is 1430. The number of alkyl carbamates (subject to hydrolysis) is 1. The summed E-state index contributed by atoms with van der Waals surface area (Å²) in [5, 5.41) is 16.0. The molecule has 0 heterocycles. The molecule has 2 atom stereocenters. The monoisotopic (exact) mass is 649 g/mol. The molecule has 0 fully saturated rings. The molecule has 3 amide bonds. The number of phenols is 1. The zero-order valence-electron chi connectivity index (χ0n) is 27.9. The van der Waals surface area contributed by atoms with E-state index in [4.69, 9.17) is 16.3 Å². The number of nitrogens with zero attached hydrogens (tertiary/aromatic N) is 1. The van der Waals surface area contributed by atoms with E-state index in [1.54, 1.807) is 43.9 Å². The van der Waals surface area contributed by atoms with Crippen molar-refractivity contribution in [3.05, 3.63) is 94.0 Å². The molecular formula is C37H48ClN3O5. The summed E-state index contributed by atoms with van der Waals surface area (Å²) in [5.41, 5.74) is 2.85. The maximum absolute atomic E-state index is 14.7. The molecule has 0 saturated carbocycles. The van der Waals surface area contributed by atoms with Crippen molar-refractivity contribution in [1.82, 2.24) is 10.2 Å². The second-order valence-electron chi connectivity index (χ2n) is 12.7. The van der Waals surface area contributed by atoms with Gasteiger partial charge in [-0.3, -0.25) is 9.59 Å². The smallest absolute Gasteiger partial charge is 0.408 e. The number of carbonyl (C=O) groups excluding carboxylic acids is 3. The third kappa shape index (κ3) is 11.1. The molecule has 0 aliphatic carbocycles. The molecule has 3 aromatic carbocycles. The first-order valence-corrected chi connectivity index (χ1v) is 16.4. The van der Waals surface area contributed by atoms with Crippen LogP contribution in [0.25, 0.3) is 0 Å². The van der Waals surface area contributed by atoms with Gasteiger partial charge in [0.15, 0.2) is 0 Å². The average molecular weight is 650 g/mol. The lowest BCUT2D eigenvalue weighted by Gasteiger charge is -2.35. The van der Waals surface area contributed by atoms with E-state index < -0.39 is 35.6 Å². The Morgan fingerprint density at radius 3 is 2.17 bits per heavy atom. The van der Waals surface area contributed by atoms with Gasteiger partial charge in [-0.15, -0.1) is 0 Å². The first-order chi connectivity index (χ1) is 21.8. The molecule has 0 bridgehead atoms. The van der Waals surface area contributed by atoms with Gasteiger partial charge < -0.3 is 25.4 Å². The number of ether oxygens (including phenoxy) is 1. The molecular weight excluding hydrogens is 602 g/mol. The van der Waals surface area contributed by atoms with Gasteiger partial charge in [0.1, 0.15) is 23.4 Å². The van der Waals surface area contributed by atoms with Crippen molar-refractivity contribution in [2.45, 2.75) is 97.8 Å². The molecule has 0 aliphatic heterocycles. The summed E-state index contributed by atoms with van der Waals surface area (Å²) in [7, 11) is 0. The number of anilines is 1. The number of halogens is 1. The summed E-state index contributed by atoms with van der Waals surface area (Å²) in [4.78, 5) is 43.6. The summed E-state index contributed by atoms with van der Waals surface area (Å²) < 4.78 is 5.54. The number of benzene rings is 3. The van der Waals surface area contributed by atoms with Crippen LogP contribution < -0.4 is 10.6 Å². The molecule has 9 heteroatoms. The standard InChI is InChI=1S/C37H48ClN3O5/c1-7-8-9-10-11-23-41(35(44)31(39-36(45)46-37(4,5)6)24-27-17-21-29(42)22-18-27)33(28-19-15-25(2)16-20-28)34(43)40-32-26(3)13-12-14-30(32)38/h12-22,31,33,42H,7-11,23-24H2,1-6H3,(H,39,45)(H,40,43). The van der Waals surface area contributed by atoms with Crippen molar-refractivity contribution >= 4 is 35.2 Å². The molecule has 0 aromatic heterocycles. The fourth-order valence-corrected chi connectivity index (χ4v) is 5.44. The van der Waals surface area contributed by atoms with Gasteiger partial charge in [-0.2, -0.15) is 0 Å². The highest BCUT2D eigenvalue weighted by Gasteiger charge is 2.36. The molecule has 0 aliphatic rings. The third-order valence-corrected chi connectivity index (χ3v) is 7.89. The van der Waals surface area contributed by atoms with Crippen LogP contribution in [-0.2, 0) is 20.7 Å². The van der Waals surface area contributed by atoms with E-state index in [-0.39, 0.29) is 18.7 Å². The van der Waals surface area contributed by atoms with Crippen LogP contribution >= 0.6 is 11.6 Å². The quantitative estimate of drug-likeness (QED) is 0.152. The van der Waals surface area contributed by atoms with Gasteiger partial charge in [-0.25, -0.2) is 4.79 Å². The van der Waals surface area contributed by atoms with E-state index in [9.17, 15) is 19.5 Å². The van der Waals surface area contributed by atoms with E-state index in [1.165, 1.54) is 12.1 Å². The van der Waals surface area contributed by atoms with E-state index in [0.29, 0.717) is 22.7 Å². The molecule has 0 spiro atoms. The number of nitrogens with one attached hydrogen (secondary N) is 2. The van der Waals surface area contributed by atoms with Crippen molar-refractivity contribution in [3.63, 3.8) is 0 Å². The molecule has 3 rings (SSSR count). The molecule has 248 valence electrons. The van der Waals surface area contributed by atoms with E-state index in [2.05, 4.69) is 17.6 Å². The van der Waals surface area contributed by atoms with Crippen molar-refractivity contribution in [3.8, 4) is 5.75 Å². The molecule has 0 radical (unpaired) electrons. The first-order valence-electron chi connectivity index (χ1n) is 16.0. The third-order valence-electron chi connectivity index (χ3n) is 7.57. The van der Waals surface area contributed by atoms with Crippen molar-refractivity contribution < 1.29 is 24.2 Å². The lowest BCUT2D eigenvalue weighted by molar-refractivity contribution is -0.140. The maximum Gasteiger partial charge on any atom is 0.408 e. The zero-order chi connectivity index (χ0) is 33.9. The van der Waals surface area contributed by atoms with Gasteiger partial charge in [0.2, 0.25) is 5.91 Å². The summed E-state index contributed by atoms with van der Waals surface area (Å²) in [6, 6.07) is 17.3. The normalized spacial score (nSPS) is 12.6. The highest BCUT2D eigenvalue weighted by molar-refractivity contribution is 6.34. The van der Waals surface area contributed by atoms with E-state index in [0.717, 1.165) is 42.4 Å². The van der Waals surface area contributed by atoms with Crippen LogP contribution in [0.15, 0.2) is 66.7 Å². The lowest BCUT2D eigenvalue weighted by atomic mass is 9.98. The van der Waals surface area contributed by atoms with Crippen LogP contribution in [0.5, 0.6) is 5.75 Å². The Hall–Kier alpha value is -4.04. The molecule has 0 saturated heterocycles. The predicted molar refractivity (Wildman–Crippen MR) is 184 cm³/mol.